The van der Waals surface area contributed by atoms with Crippen molar-refractivity contribution in [2.75, 3.05) is 20.3 Å². The molecule has 1 heterocycles. The van der Waals surface area contributed by atoms with E-state index >= 15 is 0 Å². The number of hydrogen-bond donors (Lipinski definition) is 0. The molecule has 2 aromatic rings. The van der Waals surface area contributed by atoms with Gasteiger partial charge in [-0.05, 0) is 41.4 Å². The second kappa shape index (κ2) is 9.73. The lowest BCUT2D eigenvalue weighted by molar-refractivity contribution is 0.172. The van der Waals surface area contributed by atoms with E-state index in [0.29, 0.717) is 36.6 Å². The highest BCUT2D eigenvalue weighted by molar-refractivity contribution is 6.31. The molecule has 3 rings (SSSR count). The third-order valence-electron chi connectivity index (χ3n) is 5.47. The van der Waals surface area contributed by atoms with E-state index in [-0.39, 0.29) is 5.41 Å². The molecule has 0 aliphatic heterocycles. The van der Waals surface area contributed by atoms with Gasteiger partial charge >= 0.3 is 0 Å². The number of benzene rings is 1. The van der Waals surface area contributed by atoms with Crippen molar-refractivity contribution in [2.24, 2.45) is 16.3 Å². The molecule has 0 saturated carbocycles. The molecule has 0 bridgehead atoms. The third kappa shape index (κ3) is 5.80. The number of aliphatic imine (C=N–C) groups is 1. The van der Waals surface area contributed by atoms with Crippen molar-refractivity contribution >= 4 is 17.3 Å². The van der Waals surface area contributed by atoms with Gasteiger partial charge in [-0.2, -0.15) is 0 Å². The highest BCUT2D eigenvalue weighted by atomic mass is 35.5. The zero-order chi connectivity index (χ0) is 20.9. The number of halogens is 1. The van der Waals surface area contributed by atoms with Crippen molar-refractivity contribution in [3.63, 3.8) is 0 Å². The van der Waals surface area contributed by atoms with Crippen molar-refractivity contribution in [2.45, 2.75) is 46.6 Å². The molecule has 156 valence electrons. The van der Waals surface area contributed by atoms with Gasteiger partial charge in [0, 0.05) is 20.1 Å². The molecule has 1 aliphatic rings. The molecule has 0 amide bonds. The number of rotatable bonds is 7. The van der Waals surface area contributed by atoms with Gasteiger partial charge in [-0.3, -0.25) is 4.99 Å². The standard InChI is InChI=1S/C24H31ClN2O2/c1-24(2,3)19-13-18-14-21(29-12-8-11-28-4)23(25)27-22(18)20(15-19)26-16-17-9-6-5-7-10-17/h5-7,9-10,14,19H,8,11-13,15-16H2,1-4H3. The molecule has 1 atom stereocenters. The molecule has 0 radical (unpaired) electrons. The minimum absolute atomic E-state index is 0.185. The summed E-state index contributed by atoms with van der Waals surface area (Å²) in [5.41, 5.74) is 4.53. The summed E-state index contributed by atoms with van der Waals surface area (Å²) in [5, 5.41) is 0.405. The number of fused-ring (bicyclic) bond motifs is 1. The van der Waals surface area contributed by atoms with Crippen LogP contribution < -0.4 is 4.74 Å². The maximum absolute atomic E-state index is 6.46. The summed E-state index contributed by atoms with van der Waals surface area (Å²) in [5.74, 6) is 1.15. The molecule has 29 heavy (non-hydrogen) atoms. The Morgan fingerprint density at radius 3 is 2.59 bits per heavy atom. The highest BCUT2D eigenvalue weighted by Crippen LogP contribution is 2.39. The average Bonchev–Trinajstić information content (AvgIpc) is 2.69. The van der Waals surface area contributed by atoms with Crippen LogP contribution in [0.1, 0.15) is 50.4 Å². The van der Waals surface area contributed by atoms with Crippen LogP contribution in [0, 0.1) is 11.3 Å². The SMILES string of the molecule is COCCCOc1cc2c(nc1Cl)C(=NCc1ccccc1)CC(C(C)(C)C)C2. The Hall–Kier alpha value is -1.91. The first-order valence-electron chi connectivity index (χ1n) is 10.3. The average molecular weight is 415 g/mol. The van der Waals surface area contributed by atoms with Crippen LogP contribution in [0.2, 0.25) is 5.15 Å². The molecule has 4 nitrogen and oxygen atoms in total. The van der Waals surface area contributed by atoms with Crippen molar-refractivity contribution in [3.8, 4) is 5.75 Å². The molecule has 0 N–H and O–H groups in total. The van der Waals surface area contributed by atoms with Crippen molar-refractivity contribution in [3.05, 3.63) is 58.4 Å². The maximum Gasteiger partial charge on any atom is 0.171 e. The van der Waals surface area contributed by atoms with E-state index in [2.05, 4.69) is 39.0 Å². The molecule has 1 unspecified atom stereocenters. The lowest BCUT2D eigenvalue weighted by atomic mass is 9.71. The normalized spacial score (nSPS) is 18.0. The topological polar surface area (TPSA) is 43.7 Å². The zero-order valence-corrected chi connectivity index (χ0v) is 18.6. The number of aromatic nitrogens is 1. The van der Waals surface area contributed by atoms with Crippen LogP contribution in [0.3, 0.4) is 0 Å². The molecule has 1 aromatic heterocycles. The largest absolute Gasteiger partial charge is 0.490 e. The Bertz CT molecular complexity index is 844. The van der Waals surface area contributed by atoms with Crippen LogP contribution in [0.25, 0.3) is 0 Å². The van der Waals surface area contributed by atoms with Crippen molar-refractivity contribution < 1.29 is 9.47 Å². The van der Waals surface area contributed by atoms with E-state index < -0.39 is 0 Å². The van der Waals surface area contributed by atoms with E-state index in [4.69, 9.17) is 31.1 Å². The lowest BCUT2D eigenvalue weighted by Crippen LogP contribution is -2.31. The number of hydrogen-bond acceptors (Lipinski definition) is 4. The summed E-state index contributed by atoms with van der Waals surface area (Å²) in [4.78, 5) is 9.66. The molecule has 1 aromatic carbocycles. The van der Waals surface area contributed by atoms with Gasteiger partial charge in [0.15, 0.2) is 10.9 Å². The first-order valence-corrected chi connectivity index (χ1v) is 10.6. The number of methoxy groups -OCH3 is 1. The van der Waals surface area contributed by atoms with Gasteiger partial charge in [0.1, 0.15) is 0 Å². The van der Waals surface area contributed by atoms with E-state index in [0.717, 1.165) is 30.7 Å². The molecule has 5 heteroatoms. The summed E-state index contributed by atoms with van der Waals surface area (Å²) in [6, 6.07) is 12.4. The Kier molecular flexibility index (Phi) is 7.31. The summed E-state index contributed by atoms with van der Waals surface area (Å²) < 4.78 is 11.0. The monoisotopic (exact) mass is 414 g/mol. The van der Waals surface area contributed by atoms with E-state index in [1.165, 1.54) is 11.1 Å². The van der Waals surface area contributed by atoms with E-state index in [1.807, 2.05) is 18.2 Å². The first kappa shape index (κ1) is 21.8. The van der Waals surface area contributed by atoms with Crippen LogP contribution in [-0.2, 0) is 17.7 Å². The molecule has 0 fully saturated rings. The molecular formula is C24H31ClN2O2. The Balaban J connectivity index is 1.89. The Morgan fingerprint density at radius 2 is 1.90 bits per heavy atom. The minimum atomic E-state index is 0.185. The first-order chi connectivity index (χ1) is 13.9. The second-order valence-electron chi connectivity index (χ2n) is 8.70. The summed E-state index contributed by atoms with van der Waals surface area (Å²) in [6.45, 7) is 8.76. The van der Waals surface area contributed by atoms with Gasteiger partial charge < -0.3 is 9.47 Å². The van der Waals surface area contributed by atoms with Gasteiger partial charge in [-0.25, -0.2) is 4.98 Å². The lowest BCUT2D eigenvalue weighted by Gasteiger charge is -2.35. The molecule has 1 aliphatic carbocycles. The van der Waals surface area contributed by atoms with Crippen LogP contribution in [0.5, 0.6) is 5.75 Å². The second-order valence-corrected chi connectivity index (χ2v) is 9.06. The number of ether oxygens (including phenoxy) is 2. The predicted octanol–water partition coefficient (Wildman–Crippen LogP) is 5.75. The maximum atomic E-state index is 6.46. The molecule has 0 saturated heterocycles. The van der Waals surface area contributed by atoms with Gasteiger partial charge in [-0.1, -0.05) is 62.7 Å². The van der Waals surface area contributed by atoms with Crippen LogP contribution in [0.15, 0.2) is 41.4 Å². The smallest absolute Gasteiger partial charge is 0.171 e. The van der Waals surface area contributed by atoms with Crippen LogP contribution in [0.4, 0.5) is 0 Å². The fourth-order valence-electron chi connectivity index (χ4n) is 3.59. The fourth-order valence-corrected chi connectivity index (χ4v) is 3.79. The molecular weight excluding hydrogens is 384 g/mol. The zero-order valence-electron chi connectivity index (χ0n) is 17.9. The van der Waals surface area contributed by atoms with Gasteiger partial charge in [0.2, 0.25) is 0 Å². The van der Waals surface area contributed by atoms with Gasteiger partial charge in [0.05, 0.1) is 24.6 Å². The summed E-state index contributed by atoms with van der Waals surface area (Å²) >= 11 is 6.46. The Morgan fingerprint density at radius 1 is 1.14 bits per heavy atom. The minimum Gasteiger partial charge on any atom is -0.490 e. The van der Waals surface area contributed by atoms with Crippen molar-refractivity contribution in [1.82, 2.24) is 4.98 Å². The third-order valence-corrected chi connectivity index (χ3v) is 5.74. The summed E-state index contributed by atoms with van der Waals surface area (Å²) in [6.07, 6.45) is 2.70. The predicted molar refractivity (Wildman–Crippen MR) is 119 cm³/mol. The van der Waals surface area contributed by atoms with E-state index in [9.17, 15) is 0 Å². The van der Waals surface area contributed by atoms with Gasteiger partial charge in [-0.15, -0.1) is 0 Å². The van der Waals surface area contributed by atoms with Gasteiger partial charge in [0.25, 0.3) is 0 Å². The highest BCUT2D eigenvalue weighted by Gasteiger charge is 2.33. The Labute approximate surface area is 179 Å². The number of nitrogens with zero attached hydrogens (tertiary/aromatic N) is 2. The summed E-state index contributed by atoms with van der Waals surface area (Å²) in [7, 11) is 1.69. The molecule has 0 spiro atoms. The van der Waals surface area contributed by atoms with Crippen molar-refractivity contribution in [1.29, 1.82) is 0 Å². The fraction of sp³-hybridized carbons (Fsp3) is 0.500. The van der Waals surface area contributed by atoms with Crippen LogP contribution in [-0.4, -0.2) is 31.0 Å². The van der Waals surface area contributed by atoms with Crippen LogP contribution >= 0.6 is 11.6 Å². The number of pyridine rings is 1. The van der Waals surface area contributed by atoms with E-state index in [1.54, 1.807) is 7.11 Å². The quantitative estimate of drug-likeness (QED) is 0.428.